The SMILES string of the molecule is C=CCOc1ccc(/C=C2\C(=O)ON=C2c2ccccc2)cc1Cl. The summed E-state index contributed by atoms with van der Waals surface area (Å²) in [6, 6.07) is 14.7. The summed E-state index contributed by atoms with van der Waals surface area (Å²) >= 11 is 6.21. The van der Waals surface area contributed by atoms with Crippen molar-refractivity contribution in [1.82, 2.24) is 0 Å². The predicted molar refractivity (Wildman–Crippen MR) is 94.2 cm³/mol. The highest BCUT2D eigenvalue weighted by molar-refractivity contribution is 6.33. The fraction of sp³-hybridized carbons (Fsp3) is 0.0526. The average Bonchev–Trinajstić information content (AvgIpc) is 2.96. The normalized spacial score (nSPS) is 15.1. The molecule has 0 bridgehead atoms. The number of hydrogen-bond donors (Lipinski definition) is 0. The third-order valence-corrected chi connectivity index (χ3v) is 3.66. The summed E-state index contributed by atoms with van der Waals surface area (Å²) in [5, 5.41) is 4.33. The van der Waals surface area contributed by atoms with Crippen LogP contribution in [0.4, 0.5) is 0 Å². The lowest BCUT2D eigenvalue weighted by atomic mass is 10.0. The highest BCUT2D eigenvalue weighted by Gasteiger charge is 2.26. The molecule has 0 saturated heterocycles. The van der Waals surface area contributed by atoms with Gasteiger partial charge in [0, 0.05) is 5.56 Å². The average molecular weight is 340 g/mol. The zero-order valence-electron chi connectivity index (χ0n) is 12.7. The number of halogens is 1. The van der Waals surface area contributed by atoms with Crippen LogP contribution in [-0.4, -0.2) is 18.3 Å². The minimum Gasteiger partial charge on any atom is -0.488 e. The van der Waals surface area contributed by atoms with Gasteiger partial charge in [-0.3, -0.25) is 0 Å². The van der Waals surface area contributed by atoms with E-state index in [2.05, 4.69) is 11.7 Å². The number of nitrogens with zero attached hydrogens (tertiary/aromatic N) is 1. The molecular weight excluding hydrogens is 326 g/mol. The molecule has 1 heterocycles. The van der Waals surface area contributed by atoms with Gasteiger partial charge in [-0.1, -0.05) is 65.8 Å². The molecule has 4 nitrogen and oxygen atoms in total. The van der Waals surface area contributed by atoms with Crippen molar-refractivity contribution in [2.75, 3.05) is 6.61 Å². The molecule has 2 aromatic rings. The molecule has 2 aromatic carbocycles. The Morgan fingerprint density at radius 1 is 1.21 bits per heavy atom. The molecule has 0 N–H and O–H groups in total. The van der Waals surface area contributed by atoms with E-state index in [4.69, 9.17) is 21.2 Å². The van der Waals surface area contributed by atoms with Gasteiger partial charge < -0.3 is 9.57 Å². The third kappa shape index (κ3) is 3.39. The van der Waals surface area contributed by atoms with Crippen LogP contribution in [0.1, 0.15) is 11.1 Å². The summed E-state index contributed by atoms with van der Waals surface area (Å²) in [7, 11) is 0. The lowest BCUT2D eigenvalue weighted by Gasteiger charge is -2.06. The fourth-order valence-electron chi connectivity index (χ4n) is 2.25. The van der Waals surface area contributed by atoms with Crippen LogP contribution in [0.25, 0.3) is 6.08 Å². The van der Waals surface area contributed by atoms with Crippen molar-refractivity contribution in [1.29, 1.82) is 0 Å². The smallest absolute Gasteiger partial charge is 0.368 e. The minimum absolute atomic E-state index is 0.372. The Labute approximate surface area is 144 Å². The predicted octanol–water partition coefficient (Wildman–Crippen LogP) is 4.25. The second kappa shape index (κ2) is 7.15. The van der Waals surface area contributed by atoms with Crippen LogP contribution in [0.15, 0.2) is 71.9 Å². The van der Waals surface area contributed by atoms with Gasteiger partial charge in [0.25, 0.3) is 0 Å². The van der Waals surface area contributed by atoms with Gasteiger partial charge in [-0.25, -0.2) is 4.79 Å². The highest BCUT2D eigenvalue weighted by atomic mass is 35.5. The lowest BCUT2D eigenvalue weighted by Crippen LogP contribution is -2.06. The first-order valence-electron chi connectivity index (χ1n) is 7.29. The number of hydrogen-bond acceptors (Lipinski definition) is 4. The molecule has 0 atom stereocenters. The molecule has 0 amide bonds. The van der Waals surface area contributed by atoms with E-state index >= 15 is 0 Å². The maximum absolute atomic E-state index is 12.0. The van der Waals surface area contributed by atoms with E-state index in [0.29, 0.717) is 28.7 Å². The van der Waals surface area contributed by atoms with Gasteiger partial charge in [-0.05, 0) is 23.8 Å². The molecule has 5 heteroatoms. The van der Waals surface area contributed by atoms with E-state index in [9.17, 15) is 4.79 Å². The summed E-state index contributed by atoms with van der Waals surface area (Å²) in [4.78, 5) is 16.8. The van der Waals surface area contributed by atoms with Crippen LogP contribution in [-0.2, 0) is 9.63 Å². The van der Waals surface area contributed by atoms with Crippen LogP contribution in [0, 0.1) is 0 Å². The highest BCUT2D eigenvalue weighted by Crippen LogP contribution is 2.28. The van der Waals surface area contributed by atoms with E-state index in [1.54, 1.807) is 24.3 Å². The Hall–Kier alpha value is -2.85. The molecule has 1 aliphatic rings. The number of carbonyl (C=O) groups excluding carboxylic acids is 1. The monoisotopic (exact) mass is 339 g/mol. The van der Waals surface area contributed by atoms with Gasteiger partial charge >= 0.3 is 5.97 Å². The molecular formula is C19H14ClNO3. The molecule has 3 rings (SSSR count). The summed E-state index contributed by atoms with van der Waals surface area (Å²) in [5.74, 6) is 0.0709. The molecule has 120 valence electrons. The van der Waals surface area contributed by atoms with Crippen LogP contribution >= 0.6 is 11.6 Å². The number of carbonyl (C=O) groups is 1. The second-order valence-corrected chi connectivity index (χ2v) is 5.44. The van der Waals surface area contributed by atoms with Crippen molar-refractivity contribution in [2.24, 2.45) is 5.16 Å². The maximum Gasteiger partial charge on any atom is 0.368 e. The molecule has 0 aromatic heterocycles. The largest absolute Gasteiger partial charge is 0.488 e. The quantitative estimate of drug-likeness (QED) is 0.465. The van der Waals surface area contributed by atoms with Crippen LogP contribution in [0.3, 0.4) is 0 Å². The Bertz CT molecular complexity index is 841. The minimum atomic E-state index is -0.489. The molecule has 0 saturated carbocycles. The summed E-state index contributed by atoms with van der Waals surface area (Å²) in [5.41, 5.74) is 2.45. The Kier molecular flexibility index (Phi) is 4.77. The number of benzene rings is 2. The molecule has 0 unspecified atom stereocenters. The zero-order valence-corrected chi connectivity index (χ0v) is 13.5. The topological polar surface area (TPSA) is 47.9 Å². The second-order valence-electron chi connectivity index (χ2n) is 5.03. The fourth-order valence-corrected chi connectivity index (χ4v) is 2.50. The Morgan fingerprint density at radius 3 is 2.71 bits per heavy atom. The molecule has 1 aliphatic heterocycles. The van der Waals surface area contributed by atoms with Crippen molar-refractivity contribution < 1.29 is 14.4 Å². The van der Waals surface area contributed by atoms with E-state index in [-0.39, 0.29) is 0 Å². The molecule has 24 heavy (non-hydrogen) atoms. The van der Waals surface area contributed by atoms with Crippen molar-refractivity contribution >= 4 is 29.4 Å². The Morgan fingerprint density at radius 2 is 2.00 bits per heavy atom. The van der Waals surface area contributed by atoms with E-state index in [1.165, 1.54) is 0 Å². The molecule has 0 spiro atoms. The van der Waals surface area contributed by atoms with E-state index < -0.39 is 5.97 Å². The standard InChI is InChI=1S/C19H14ClNO3/c1-2-10-23-17-9-8-13(12-16(17)20)11-15-18(21-24-19(15)22)14-6-4-3-5-7-14/h2-9,11-12H,1,10H2/b15-11-. The van der Waals surface area contributed by atoms with Crippen LogP contribution in [0.5, 0.6) is 5.75 Å². The van der Waals surface area contributed by atoms with E-state index in [1.807, 2.05) is 36.4 Å². The van der Waals surface area contributed by atoms with Gasteiger partial charge in [0.2, 0.25) is 0 Å². The van der Waals surface area contributed by atoms with Crippen LogP contribution < -0.4 is 4.74 Å². The molecule has 0 radical (unpaired) electrons. The van der Waals surface area contributed by atoms with Crippen molar-refractivity contribution in [2.45, 2.75) is 0 Å². The van der Waals surface area contributed by atoms with Crippen molar-refractivity contribution in [3.63, 3.8) is 0 Å². The zero-order chi connectivity index (χ0) is 16.9. The van der Waals surface area contributed by atoms with E-state index in [0.717, 1.165) is 11.1 Å². The number of rotatable bonds is 5. The maximum atomic E-state index is 12.0. The van der Waals surface area contributed by atoms with Gasteiger partial charge in [0.15, 0.2) is 0 Å². The molecule has 0 aliphatic carbocycles. The van der Waals surface area contributed by atoms with Gasteiger partial charge in [0.1, 0.15) is 18.1 Å². The first-order chi connectivity index (χ1) is 11.7. The summed E-state index contributed by atoms with van der Waals surface area (Å²) in [6.07, 6.45) is 3.34. The first-order valence-corrected chi connectivity index (χ1v) is 7.67. The van der Waals surface area contributed by atoms with Gasteiger partial charge in [-0.2, -0.15) is 0 Å². The van der Waals surface area contributed by atoms with Gasteiger partial charge in [-0.15, -0.1) is 0 Å². The summed E-state index contributed by atoms with van der Waals surface area (Å²) < 4.78 is 5.44. The first kappa shape index (κ1) is 16.0. The van der Waals surface area contributed by atoms with Crippen molar-refractivity contribution in [3.05, 3.63) is 82.9 Å². The number of oxime groups is 1. The molecule has 0 fully saturated rings. The van der Waals surface area contributed by atoms with Crippen molar-refractivity contribution in [3.8, 4) is 5.75 Å². The summed E-state index contributed by atoms with van der Waals surface area (Å²) in [6.45, 7) is 3.97. The van der Waals surface area contributed by atoms with Gasteiger partial charge in [0.05, 0.1) is 10.6 Å². The van der Waals surface area contributed by atoms with Crippen LogP contribution in [0.2, 0.25) is 5.02 Å². The lowest BCUT2D eigenvalue weighted by molar-refractivity contribution is -0.136. The third-order valence-electron chi connectivity index (χ3n) is 3.37. The number of ether oxygens (including phenoxy) is 1. The Balaban J connectivity index is 1.92.